The van der Waals surface area contributed by atoms with E-state index in [1.54, 1.807) is 13.3 Å². The molecule has 35 heavy (non-hydrogen) atoms. The van der Waals surface area contributed by atoms with Gasteiger partial charge in [0.15, 0.2) is 0 Å². The summed E-state index contributed by atoms with van der Waals surface area (Å²) < 4.78 is 31.6. The summed E-state index contributed by atoms with van der Waals surface area (Å²) in [6, 6.07) is 8.08. The number of benzene rings is 1. The van der Waals surface area contributed by atoms with Gasteiger partial charge in [0.1, 0.15) is 5.82 Å². The van der Waals surface area contributed by atoms with E-state index in [0.717, 1.165) is 61.5 Å². The zero-order valence-corrected chi connectivity index (χ0v) is 22.8. The number of nitrogens with one attached hydrogen (secondary N) is 3. The molecule has 8 nitrogen and oxygen atoms in total. The Morgan fingerprint density at radius 1 is 1.14 bits per heavy atom. The minimum absolute atomic E-state index is 0.0133. The lowest BCUT2D eigenvalue weighted by Crippen LogP contribution is -2.48. The summed E-state index contributed by atoms with van der Waals surface area (Å²) >= 11 is 0. The zero-order chi connectivity index (χ0) is 24.9. The minimum atomic E-state index is -3.27. The minimum Gasteiger partial charge on any atom is -0.384 e. The van der Waals surface area contributed by atoms with Crippen LogP contribution in [0.4, 0.5) is 17.5 Å². The predicted molar refractivity (Wildman–Crippen MR) is 146 cm³/mol. The molecule has 11 heteroatoms. The molecule has 1 aromatic heterocycles. The molecule has 2 aliphatic rings. The lowest BCUT2D eigenvalue weighted by molar-refractivity contribution is 0.218. The Bertz CT molecular complexity index is 1120. The van der Waals surface area contributed by atoms with Crippen LogP contribution in [-0.2, 0) is 26.9 Å². The summed E-state index contributed by atoms with van der Waals surface area (Å²) in [6.45, 7) is 0.696. The molecule has 194 valence electrons. The van der Waals surface area contributed by atoms with E-state index in [9.17, 15) is 8.42 Å². The largest absolute Gasteiger partial charge is 0.384 e. The maximum Gasteiger partial charge on any atom is 0.229 e. The van der Waals surface area contributed by atoms with Crippen LogP contribution < -0.4 is 15.4 Å². The third kappa shape index (κ3) is 7.69. The van der Waals surface area contributed by atoms with Gasteiger partial charge in [-0.25, -0.2) is 18.1 Å². The highest BCUT2D eigenvalue weighted by molar-refractivity contribution is 8.50. The van der Waals surface area contributed by atoms with Gasteiger partial charge in [-0.15, -0.1) is 0 Å². The number of halogens is 1. The van der Waals surface area contributed by atoms with E-state index >= 15 is 0 Å². The van der Waals surface area contributed by atoms with Gasteiger partial charge in [0.2, 0.25) is 16.0 Å². The monoisotopic (exact) mass is 541 g/mol. The van der Waals surface area contributed by atoms with Gasteiger partial charge in [0, 0.05) is 42.6 Å². The third-order valence-corrected chi connectivity index (χ3v) is 11.3. The number of sulfonamides is 1. The van der Waals surface area contributed by atoms with Gasteiger partial charge in [0.05, 0.1) is 12.9 Å². The van der Waals surface area contributed by atoms with Crippen molar-refractivity contribution in [3.8, 4) is 0 Å². The Kier molecular flexibility index (Phi) is 8.80. The average molecular weight is 542 g/mol. The fourth-order valence-electron chi connectivity index (χ4n) is 4.90. The first-order valence-corrected chi connectivity index (χ1v) is 17.0. The van der Waals surface area contributed by atoms with Gasteiger partial charge < -0.3 is 15.4 Å². The van der Waals surface area contributed by atoms with Crippen LogP contribution in [0, 0.1) is 0 Å². The number of rotatable bonds is 9. The van der Waals surface area contributed by atoms with Crippen LogP contribution in [0.2, 0.25) is 0 Å². The lowest BCUT2D eigenvalue weighted by atomic mass is 9.91. The number of methoxy groups -OCH3 is 1. The first-order chi connectivity index (χ1) is 16.7. The van der Waals surface area contributed by atoms with Crippen molar-refractivity contribution in [1.29, 1.82) is 0 Å². The number of ether oxygens (including phenoxy) is 1. The maximum absolute atomic E-state index is 11.8. The van der Waals surface area contributed by atoms with E-state index in [1.807, 2.05) is 6.07 Å². The Labute approximate surface area is 214 Å². The summed E-state index contributed by atoms with van der Waals surface area (Å²) in [5.41, 5.74) is 3.59. The van der Waals surface area contributed by atoms with Crippen molar-refractivity contribution in [2.75, 3.05) is 42.1 Å². The summed E-state index contributed by atoms with van der Waals surface area (Å²) in [5.74, 6) is 4.03. The summed E-state index contributed by atoms with van der Waals surface area (Å²) in [4.78, 5) is 9.04. The van der Waals surface area contributed by atoms with Crippen molar-refractivity contribution in [1.82, 2.24) is 14.7 Å². The van der Waals surface area contributed by atoms with Crippen LogP contribution in [0.15, 0.2) is 30.5 Å². The molecule has 1 aliphatic carbocycles. The summed E-state index contributed by atoms with van der Waals surface area (Å²) in [7, 11) is 4.27. The Morgan fingerprint density at radius 3 is 2.71 bits per heavy atom. The quantitative estimate of drug-likeness (QED) is 0.428. The van der Waals surface area contributed by atoms with E-state index in [1.165, 1.54) is 17.4 Å². The van der Waals surface area contributed by atoms with Gasteiger partial charge in [-0.1, -0.05) is 29.6 Å². The second kappa shape index (κ2) is 11.6. The van der Waals surface area contributed by atoms with Gasteiger partial charge in [0.25, 0.3) is 0 Å². The molecule has 0 saturated heterocycles. The van der Waals surface area contributed by atoms with E-state index in [4.69, 9.17) is 15.4 Å². The first-order valence-electron chi connectivity index (χ1n) is 12.1. The zero-order valence-electron chi connectivity index (χ0n) is 20.4. The van der Waals surface area contributed by atoms with Crippen LogP contribution in [0.5, 0.6) is 0 Å². The molecule has 2 heterocycles. The number of fused-ring (bicyclic) bond motifs is 1. The number of aryl methyl sites for hydroxylation is 1. The average Bonchev–Trinajstić information content (AvgIpc) is 2.96. The second-order valence-electron chi connectivity index (χ2n) is 9.49. The SMILES string of the molecule is COCCS1(Cl)CCCc2ccc(Nc3nccc(N[C@@H]4CCCC[C@H]4NS(C)(=O)=O)n3)cc2C1. The van der Waals surface area contributed by atoms with E-state index < -0.39 is 19.3 Å². The third-order valence-electron chi connectivity index (χ3n) is 6.61. The van der Waals surface area contributed by atoms with Gasteiger partial charge >= 0.3 is 0 Å². The van der Waals surface area contributed by atoms with Crippen LogP contribution in [0.1, 0.15) is 43.2 Å². The molecule has 1 unspecified atom stereocenters. The molecule has 0 spiro atoms. The molecule has 0 amide bonds. The Hall–Kier alpha value is -1.59. The van der Waals surface area contributed by atoms with Crippen molar-refractivity contribution >= 4 is 47.4 Å². The lowest BCUT2D eigenvalue weighted by Gasteiger charge is -2.32. The molecular formula is C24H36ClN5O3S2. The van der Waals surface area contributed by atoms with Gasteiger partial charge in [-0.2, -0.15) is 14.2 Å². The van der Waals surface area contributed by atoms with Crippen molar-refractivity contribution in [3.63, 3.8) is 0 Å². The molecule has 2 aromatic rings. The first kappa shape index (κ1) is 26.5. The fraction of sp³-hybridized carbons (Fsp3) is 0.583. The van der Waals surface area contributed by atoms with E-state index in [-0.39, 0.29) is 12.1 Å². The van der Waals surface area contributed by atoms with Crippen LogP contribution in [0.25, 0.3) is 0 Å². The number of hydrogen-bond donors (Lipinski definition) is 3. The summed E-state index contributed by atoms with van der Waals surface area (Å²) in [6.07, 6.45) is 8.83. The number of hydrogen-bond acceptors (Lipinski definition) is 7. The molecular weight excluding hydrogens is 506 g/mol. The highest BCUT2D eigenvalue weighted by atomic mass is 35.7. The predicted octanol–water partition coefficient (Wildman–Crippen LogP) is 4.54. The molecule has 1 aliphatic heterocycles. The van der Waals surface area contributed by atoms with Crippen molar-refractivity contribution < 1.29 is 13.2 Å². The maximum atomic E-state index is 11.8. The number of anilines is 3. The standard InChI is InChI=1S/C24H36ClN5O3S2/c1-33-13-15-35(25)14-5-6-18-9-10-20(16-19(18)17-35)27-24-26-12-11-23(29-24)28-21-7-3-4-8-22(21)30-34(2,31)32/h9-12,16,21-22,30H,3-8,13-15,17H2,1-2H3,(H2,26,27,28,29)/t21-,22-/m1/s1. The van der Waals surface area contributed by atoms with Gasteiger partial charge in [-0.3, -0.25) is 0 Å². The molecule has 0 bridgehead atoms. The molecule has 4 rings (SSSR count). The smallest absolute Gasteiger partial charge is 0.229 e. The molecule has 3 atom stereocenters. The Balaban J connectivity index is 1.46. The van der Waals surface area contributed by atoms with Crippen molar-refractivity contribution in [2.45, 2.75) is 56.4 Å². The van der Waals surface area contributed by atoms with Crippen LogP contribution in [0.3, 0.4) is 0 Å². The van der Waals surface area contributed by atoms with Crippen LogP contribution >= 0.6 is 19.9 Å². The Morgan fingerprint density at radius 2 is 1.94 bits per heavy atom. The molecule has 1 saturated carbocycles. The topological polar surface area (TPSA) is 105 Å². The van der Waals surface area contributed by atoms with Crippen molar-refractivity contribution in [3.05, 3.63) is 41.6 Å². The van der Waals surface area contributed by atoms with E-state index in [2.05, 4.69) is 43.5 Å². The summed E-state index contributed by atoms with van der Waals surface area (Å²) in [5, 5.41) is 6.76. The highest BCUT2D eigenvalue weighted by Crippen LogP contribution is 2.58. The highest BCUT2D eigenvalue weighted by Gasteiger charge is 2.28. The van der Waals surface area contributed by atoms with Crippen molar-refractivity contribution in [2.24, 2.45) is 0 Å². The normalized spacial score (nSPS) is 26.7. The number of aromatic nitrogens is 2. The molecule has 3 N–H and O–H groups in total. The molecule has 0 radical (unpaired) electrons. The van der Waals surface area contributed by atoms with Gasteiger partial charge in [-0.05, 0) is 60.8 Å². The molecule has 1 fully saturated rings. The molecule has 1 aromatic carbocycles. The number of nitrogens with zero attached hydrogens (tertiary/aromatic N) is 2. The van der Waals surface area contributed by atoms with E-state index in [0.29, 0.717) is 18.4 Å². The fourth-order valence-corrected chi connectivity index (χ4v) is 9.05. The van der Waals surface area contributed by atoms with Crippen LogP contribution in [-0.4, -0.2) is 61.9 Å². The second-order valence-corrected chi connectivity index (χ2v) is 16.2.